The lowest BCUT2D eigenvalue weighted by molar-refractivity contribution is 0.202. The SMILES string of the molecule is C=CCC(C)(C)C1(C)C=CN(C)N=N1. The molecule has 0 saturated carbocycles. The summed E-state index contributed by atoms with van der Waals surface area (Å²) in [6.07, 6.45) is 6.92. The third-order valence-corrected chi connectivity index (χ3v) is 3.03. The van der Waals surface area contributed by atoms with Gasteiger partial charge in [0, 0.05) is 13.2 Å². The molecule has 0 aromatic heterocycles. The molecule has 0 aromatic rings. The van der Waals surface area contributed by atoms with E-state index >= 15 is 0 Å². The van der Waals surface area contributed by atoms with E-state index in [2.05, 4.69) is 43.8 Å². The molecule has 0 saturated heterocycles. The van der Waals surface area contributed by atoms with Gasteiger partial charge in [-0.05, 0) is 24.8 Å². The summed E-state index contributed by atoms with van der Waals surface area (Å²) in [5.74, 6) is 0. The van der Waals surface area contributed by atoms with Crippen molar-refractivity contribution in [3.63, 3.8) is 0 Å². The highest BCUT2D eigenvalue weighted by molar-refractivity contribution is 5.13. The molecule has 14 heavy (non-hydrogen) atoms. The van der Waals surface area contributed by atoms with Crippen LogP contribution in [0.5, 0.6) is 0 Å². The molecule has 3 heteroatoms. The predicted molar refractivity (Wildman–Crippen MR) is 58.8 cm³/mol. The first-order valence-corrected chi connectivity index (χ1v) is 4.87. The van der Waals surface area contributed by atoms with Gasteiger partial charge in [0.15, 0.2) is 0 Å². The van der Waals surface area contributed by atoms with E-state index in [-0.39, 0.29) is 11.0 Å². The molecule has 0 amide bonds. The minimum Gasteiger partial charge on any atom is -0.258 e. The molecule has 1 unspecified atom stereocenters. The van der Waals surface area contributed by atoms with Crippen molar-refractivity contribution in [2.75, 3.05) is 7.05 Å². The zero-order chi connectivity index (χ0) is 10.8. The number of rotatable bonds is 3. The second-order valence-corrected chi connectivity index (χ2v) is 4.60. The van der Waals surface area contributed by atoms with Crippen LogP contribution in [0.15, 0.2) is 35.3 Å². The Kier molecular flexibility index (Phi) is 2.79. The topological polar surface area (TPSA) is 28.0 Å². The first kappa shape index (κ1) is 11.0. The Hall–Kier alpha value is -1.12. The molecule has 1 heterocycles. The maximum atomic E-state index is 4.35. The van der Waals surface area contributed by atoms with Gasteiger partial charge in [-0.15, -0.1) is 6.58 Å². The van der Waals surface area contributed by atoms with Crippen LogP contribution in [0.1, 0.15) is 27.2 Å². The van der Waals surface area contributed by atoms with E-state index < -0.39 is 0 Å². The number of allylic oxidation sites excluding steroid dienone is 1. The van der Waals surface area contributed by atoms with E-state index in [0.29, 0.717) is 0 Å². The standard InChI is InChI=1S/C11H19N3/c1-6-7-10(2,3)11(4)8-9-14(5)13-12-11/h6,8-9H,1,7H2,2-5H3. The van der Waals surface area contributed by atoms with Crippen molar-refractivity contribution in [2.45, 2.75) is 32.7 Å². The minimum absolute atomic E-state index is 0.0516. The molecule has 3 nitrogen and oxygen atoms in total. The Morgan fingerprint density at radius 2 is 2.21 bits per heavy atom. The third kappa shape index (κ3) is 1.86. The van der Waals surface area contributed by atoms with Crippen molar-refractivity contribution >= 4 is 0 Å². The lowest BCUT2D eigenvalue weighted by atomic mass is 9.71. The van der Waals surface area contributed by atoms with Crippen LogP contribution >= 0.6 is 0 Å². The number of nitrogens with zero attached hydrogens (tertiary/aromatic N) is 3. The van der Waals surface area contributed by atoms with Crippen LogP contribution in [0, 0.1) is 5.41 Å². The van der Waals surface area contributed by atoms with E-state index in [1.165, 1.54) is 0 Å². The van der Waals surface area contributed by atoms with Crippen molar-refractivity contribution in [1.29, 1.82) is 0 Å². The Morgan fingerprint density at radius 1 is 1.57 bits per heavy atom. The molecule has 1 aliphatic rings. The largest absolute Gasteiger partial charge is 0.258 e. The van der Waals surface area contributed by atoms with Crippen LogP contribution in [-0.2, 0) is 0 Å². The minimum atomic E-state index is -0.228. The Morgan fingerprint density at radius 3 is 2.64 bits per heavy atom. The van der Waals surface area contributed by atoms with Gasteiger partial charge in [-0.1, -0.05) is 25.1 Å². The molecule has 1 aliphatic heterocycles. The third-order valence-electron chi connectivity index (χ3n) is 3.03. The summed E-state index contributed by atoms with van der Waals surface area (Å²) in [5.41, 5.74) is -0.177. The van der Waals surface area contributed by atoms with Crippen LogP contribution in [0.3, 0.4) is 0 Å². The van der Waals surface area contributed by atoms with E-state index in [0.717, 1.165) is 6.42 Å². The first-order chi connectivity index (χ1) is 6.41. The quantitative estimate of drug-likeness (QED) is 0.633. The van der Waals surface area contributed by atoms with Gasteiger partial charge >= 0.3 is 0 Å². The molecular formula is C11H19N3. The highest BCUT2D eigenvalue weighted by Crippen LogP contribution is 2.40. The predicted octanol–water partition coefficient (Wildman–Crippen LogP) is 3.17. The summed E-state index contributed by atoms with van der Waals surface area (Å²) >= 11 is 0. The molecule has 0 aliphatic carbocycles. The van der Waals surface area contributed by atoms with Crippen molar-refractivity contribution in [3.05, 3.63) is 24.9 Å². The van der Waals surface area contributed by atoms with E-state index in [1.807, 2.05) is 19.3 Å². The normalized spacial score (nSPS) is 26.7. The zero-order valence-electron chi connectivity index (χ0n) is 9.49. The molecule has 1 rings (SSSR count). The maximum absolute atomic E-state index is 4.35. The summed E-state index contributed by atoms with van der Waals surface area (Å²) in [6, 6.07) is 0. The summed E-state index contributed by atoms with van der Waals surface area (Å²) < 4.78 is 0. The average Bonchev–Trinajstić information content (AvgIpc) is 2.10. The van der Waals surface area contributed by atoms with Crippen molar-refractivity contribution in [2.24, 2.45) is 15.8 Å². The fourth-order valence-electron chi connectivity index (χ4n) is 1.41. The highest BCUT2D eigenvalue weighted by atomic mass is 15.5. The van der Waals surface area contributed by atoms with Crippen molar-refractivity contribution in [3.8, 4) is 0 Å². The molecule has 0 fully saturated rings. The van der Waals surface area contributed by atoms with Crippen LogP contribution in [-0.4, -0.2) is 17.6 Å². The van der Waals surface area contributed by atoms with E-state index in [1.54, 1.807) is 5.01 Å². The van der Waals surface area contributed by atoms with Crippen LogP contribution in [0.2, 0.25) is 0 Å². The maximum Gasteiger partial charge on any atom is 0.106 e. The number of hydrogen-bond donors (Lipinski definition) is 0. The average molecular weight is 193 g/mol. The van der Waals surface area contributed by atoms with Crippen LogP contribution in [0.25, 0.3) is 0 Å². The van der Waals surface area contributed by atoms with Gasteiger partial charge in [0.1, 0.15) is 5.54 Å². The molecule has 0 spiro atoms. The smallest absolute Gasteiger partial charge is 0.106 e. The van der Waals surface area contributed by atoms with Gasteiger partial charge in [-0.25, -0.2) is 0 Å². The lowest BCUT2D eigenvalue weighted by Crippen LogP contribution is -2.39. The Bertz CT molecular complexity index is 262. The van der Waals surface area contributed by atoms with Gasteiger partial charge in [-0.2, -0.15) is 5.11 Å². The Balaban J connectivity index is 2.90. The van der Waals surface area contributed by atoms with Gasteiger partial charge < -0.3 is 0 Å². The van der Waals surface area contributed by atoms with Gasteiger partial charge in [0.2, 0.25) is 0 Å². The molecule has 78 valence electrons. The second kappa shape index (κ2) is 3.56. The summed E-state index contributed by atoms with van der Waals surface area (Å²) in [7, 11) is 1.88. The molecule has 0 N–H and O–H groups in total. The molecule has 1 atom stereocenters. The Labute approximate surface area is 86.2 Å². The summed E-state index contributed by atoms with van der Waals surface area (Å²) in [6.45, 7) is 10.2. The fraction of sp³-hybridized carbons (Fsp3) is 0.636. The van der Waals surface area contributed by atoms with E-state index in [4.69, 9.17) is 0 Å². The second-order valence-electron chi connectivity index (χ2n) is 4.60. The first-order valence-electron chi connectivity index (χ1n) is 4.87. The lowest BCUT2D eigenvalue weighted by Gasteiger charge is -2.39. The van der Waals surface area contributed by atoms with Gasteiger partial charge in [0.05, 0.1) is 0 Å². The molecule has 0 bridgehead atoms. The van der Waals surface area contributed by atoms with E-state index in [9.17, 15) is 0 Å². The molecule has 0 aromatic carbocycles. The number of hydrogen-bond acceptors (Lipinski definition) is 3. The zero-order valence-corrected chi connectivity index (χ0v) is 9.49. The van der Waals surface area contributed by atoms with Gasteiger partial charge in [-0.3, -0.25) is 5.01 Å². The monoisotopic (exact) mass is 193 g/mol. The van der Waals surface area contributed by atoms with Crippen molar-refractivity contribution < 1.29 is 0 Å². The highest BCUT2D eigenvalue weighted by Gasteiger charge is 2.39. The van der Waals surface area contributed by atoms with Crippen LogP contribution < -0.4 is 0 Å². The van der Waals surface area contributed by atoms with Crippen LogP contribution in [0.4, 0.5) is 0 Å². The molecule has 0 radical (unpaired) electrons. The fourth-order valence-corrected chi connectivity index (χ4v) is 1.41. The summed E-state index contributed by atoms with van der Waals surface area (Å²) in [5, 5.41) is 10.1. The van der Waals surface area contributed by atoms with Gasteiger partial charge in [0.25, 0.3) is 0 Å². The van der Waals surface area contributed by atoms with Crippen molar-refractivity contribution in [1.82, 2.24) is 5.01 Å². The summed E-state index contributed by atoms with van der Waals surface area (Å²) in [4.78, 5) is 0. The molecular weight excluding hydrogens is 174 g/mol.